The number of aryl methyl sites for hydroxylation is 1. The van der Waals surface area contributed by atoms with Crippen molar-refractivity contribution in [2.75, 3.05) is 11.9 Å². The van der Waals surface area contributed by atoms with E-state index in [1.54, 1.807) is 10.7 Å². The minimum atomic E-state index is -0.983. The number of hydrogen-bond donors (Lipinski definition) is 1. The van der Waals surface area contributed by atoms with Crippen molar-refractivity contribution in [3.8, 4) is 0 Å². The number of halogens is 1. The Morgan fingerprint density at radius 1 is 1.52 bits per heavy atom. The third-order valence-electron chi connectivity index (χ3n) is 2.98. The van der Waals surface area contributed by atoms with E-state index in [0.717, 1.165) is 22.9 Å². The normalized spacial score (nSPS) is 11.0. The van der Waals surface area contributed by atoms with Crippen LogP contribution in [0.4, 0.5) is 5.69 Å². The predicted octanol–water partition coefficient (Wildman–Crippen LogP) is 2.81. The first-order valence-corrected chi connectivity index (χ1v) is 6.72. The predicted molar refractivity (Wildman–Crippen MR) is 83.4 cm³/mol. The number of nitrogens with zero attached hydrogens (tertiary/aromatic N) is 3. The topological polar surface area (TPSA) is 58.4 Å². The quantitative estimate of drug-likeness (QED) is 0.863. The van der Waals surface area contributed by atoms with E-state index in [1.165, 1.54) is 6.08 Å². The molecule has 1 heterocycles. The summed E-state index contributed by atoms with van der Waals surface area (Å²) in [6, 6.07) is 5.46. The van der Waals surface area contributed by atoms with Gasteiger partial charge < -0.3 is 10.0 Å². The maximum Gasteiger partial charge on any atom is 0.328 e. The average molecular weight is 306 g/mol. The Hall–Kier alpha value is -2.27. The summed E-state index contributed by atoms with van der Waals surface area (Å²) in [6.07, 6.45) is 6.37. The lowest BCUT2D eigenvalue weighted by molar-refractivity contribution is -0.131. The molecule has 6 heteroatoms. The highest BCUT2D eigenvalue weighted by Gasteiger charge is 2.08. The van der Waals surface area contributed by atoms with Crippen LogP contribution in [0, 0.1) is 0 Å². The third kappa shape index (κ3) is 4.10. The van der Waals surface area contributed by atoms with Crippen LogP contribution < -0.4 is 4.90 Å². The molecule has 0 radical (unpaired) electrons. The van der Waals surface area contributed by atoms with Crippen molar-refractivity contribution in [3.05, 3.63) is 52.8 Å². The number of benzene rings is 1. The van der Waals surface area contributed by atoms with E-state index in [-0.39, 0.29) is 0 Å². The molecule has 0 saturated carbocycles. The second-order valence-corrected chi connectivity index (χ2v) is 5.17. The first-order chi connectivity index (χ1) is 9.95. The lowest BCUT2D eigenvalue weighted by Gasteiger charge is -2.20. The van der Waals surface area contributed by atoms with Crippen LogP contribution in [0.5, 0.6) is 0 Å². The number of aromatic nitrogens is 2. The maximum atomic E-state index is 10.5. The maximum absolute atomic E-state index is 10.5. The molecule has 5 nitrogen and oxygen atoms in total. The van der Waals surface area contributed by atoms with Crippen LogP contribution in [0.25, 0.3) is 6.08 Å². The van der Waals surface area contributed by atoms with E-state index < -0.39 is 5.97 Å². The summed E-state index contributed by atoms with van der Waals surface area (Å²) in [5.74, 6) is -0.983. The highest BCUT2D eigenvalue weighted by Crippen LogP contribution is 2.27. The van der Waals surface area contributed by atoms with Gasteiger partial charge in [-0.2, -0.15) is 5.10 Å². The molecule has 1 aromatic carbocycles. The average Bonchev–Trinajstić information content (AvgIpc) is 2.81. The monoisotopic (exact) mass is 305 g/mol. The molecular formula is C15H16ClN3O2. The molecule has 0 unspecified atom stereocenters. The number of carbonyl (C=O) groups is 1. The number of carboxylic acids is 1. The molecule has 2 aromatic rings. The van der Waals surface area contributed by atoms with Gasteiger partial charge in [0, 0.05) is 38.5 Å². The summed E-state index contributed by atoms with van der Waals surface area (Å²) in [5.41, 5.74) is 2.72. The molecule has 0 amide bonds. The Labute approximate surface area is 128 Å². The number of aliphatic carboxylic acids is 1. The molecule has 0 aliphatic carbocycles. The van der Waals surface area contributed by atoms with Crippen molar-refractivity contribution in [2.24, 2.45) is 7.05 Å². The van der Waals surface area contributed by atoms with Crippen LogP contribution >= 0.6 is 11.6 Å². The zero-order valence-electron chi connectivity index (χ0n) is 11.8. The van der Waals surface area contributed by atoms with E-state index in [1.807, 2.05) is 43.5 Å². The molecular weight excluding hydrogens is 290 g/mol. The van der Waals surface area contributed by atoms with Crippen LogP contribution in [0.15, 0.2) is 36.7 Å². The smallest absolute Gasteiger partial charge is 0.328 e. The van der Waals surface area contributed by atoms with Gasteiger partial charge in [0.2, 0.25) is 0 Å². The van der Waals surface area contributed by atoms with Crippen molar-refractivity contribution < 1.29 is 9.90 Å². The fourth-order valence-electron chi connectivity index (χ4n) is 2.02. The molecule has 110 valence electrons. The fraction of sp³-hybridized carbons (Fsp3) is 0.200. The first-order valence-electron chi connectivity index (χ1n) is 6.35. The van der Waals surface area contributed by atoms with Crippen molar-refractivity contribution in [2.45, 2.75) is 6.54 Å². The van der Waals surface area contributed by atoms with Crippen LogP contribution in [0.3, 0.4) is 0 Å². The van der Waals surface area contributed by atoms with Crippen molar-refractivity contribution in [1.29, 1.82) is 0 Å². The second kappa shape index (κ2) is 6.45. The van der Waals surface area contributed by atoms with Gasteiger partial charge in [0.1, 0.15) is 0 Å². The van der Waals surface area contributed by atoms with Gasteiger partial charge in [0.25, 0.3) is 0 Å². The standard InChI is InChI=1S/C15H16ClN3O2/c1-18(9-12-8-17-19(2)10-12)14-5-3-11(7-13(14)16)4-6-15(20)21/h3-8,10H,9H2,1-2H3,(H,20,21)/b6-4+. The molecule has 0 saturated heterocycles. The summed E-state index contributed by atoms with van der Waals surface area (Å²) in [6.45, 7) is 0.692. The molecule has 0 spiro atoms. The Morgan fingerprint density at radius 2 is 2.29 bits per heavy atom. The van der Waals surface area contributed by atoms with Gasteiger partial charge in [0.05, 0.1) is 16.9 Å². The van der Waals surface area contributed by atoms with E-state index >= 15 is 0 Å². The largest absolute Gasteiger partial charge is 0.478 e. The van der Waals surface area contributed by atoms with Gasteiger partial charge in [-0.05, 0) is 23.8 Å². The Kier molecular flexibility index (Phi) is 4.65. The van der Waals surface area contributed by atoms with Gasteiger partial charge in [-0.1, -0.05) is 17.7 Å². The van der Waals surface area contributed by atoms with E-state index in [0.29, 0.717) is 11.6 Å². The molecule has 1 aromatic heterocycles. The third-order valence-corrected chi connectivity index (χ3v) is 3.28. The highest BCUT2D eigenvalue weighted by atomic mass is 35.5. The summed E-state index contributed by atoms with van der Waals surface area (Å²) in [5, 5.41) is 13.3. The van der Waals surface area contributed by atoms with Crippen molar-refractivity contribution in [3.63, 3.8) is 0 Å². The SMILES string of the molecule is CN(Cc1cnn(C)c1)c1ccc(/C=C/C(=O)O)cc1Cl. The Bertz CT molecular complexity index is 679. The van der Waals surface area contributed by atoms with E-state index in [9.17, 15) is 4.79 Å². The molecule has 0 bridgehead atoms. The minimum absolute atomic E-state index is 0.578. The van der Waals surface area contributed by atoms with Gasteiger partial charge in [0.15, 0.2) is 0 Å². The summed E-state index contributed by atoms with van der Waals surface area (Å²) < 4.78 is 1.75. The van der Waals surface area contributed by atoms with E-state index in [4.69, 9.17) is 16.7 Å². The number of rotatable bonds is 5. The number of carboxylic acid groups (broad SMARTS) is 1. The fourth-order valence-corrected chi connectivity index (χ4v) is 2.35. The van der Waals surface area contributed by atoms with Crippen LogP contribution in [-0.4, -0.2) is 27.9 Å². The Balaban J connectivity index is 2.14. The molecule has 21 heavy (non-hydrogen) atoms. The van der Waals surface area contributed by atoms with Crippen LogP contribution in [0.1, 0.15) is 11.1 Å². The van der Waals surface area contributed by atoms with E-state index in [2.05, 4.69) is 5.10 Å². The summed E-state index contributed by atoms with van der Waals surface area (Å²) in [7, 11) is 3.82. The Morgan fingerprint density at radius 3 is 2.86 bits per heavy atom. The minimum Gasteiger partial charge on any atom is -0.478 e. The number of hydrogen-bond acceptors (Lipinski definition) is 3. The first kappa shape index (κ1) is 15.1. The highest BCUT2D eigenvalue weighted by molar-refractivity contribution is 6.33. The molecule has 0 aliphatic heterocycles. The lowest BCUT2D eigenvalue weighted by Crippen LogP contribution is -2.16. The van der Waals surface area contributed by atoms with Crippen molar-refractivity contribution in [1.82, 2.24) is 9.78 Å². The second-order valence-electron chi connectivity index (χ2n) is 4.76. The zero-order valence-corrected chi connectivity index (χ0v) is 12.6. The van der Waals surface area contributed by atoms with Gasteiger partial charge in [-0.3, -0.25) is 4.68 Å². The van der Waals surface area contributed by atoms with Crippen molar-refractivity contribution >= 4 is 29.3 Å². The summed E-state index contributed by atoms with van der Waals surface area (Å²) in [4.78, 5) is 12.5. The van der Waals surface area contributed by atoms with Gasteiger partial charge in [-0.15, -0.1) is 0 Å². The van der Waals surface area contributed by atoms with Crippen LogP contribution in [-0.2, 0) is 18.4 Å². The van der Waals surface area contributed by atoms with Gasteiger partial charge in [-0.25, -0.2) is 4.79 Å². The molecule has 0 aliphatic rings. The van der Waals surface area contributed by atoms with Crippen LogP contribution in [0.2, 0.25) is 5.02 Å². The number of anilines is 1. The molecule has 1 N–H and O–H groups in total. The molecule has 2 rings (SSSR count). The van der Waals surface area contributed by atoms with Gasteiger partial charge >= 0.3 is 5.97 Å². The molecule has 0 atom stereocenters. The molecule has 0 fully saturated rings. The zero-order chi connectivity index (χ0) is 15.4. The summed E-state index contributed by atoms with van der Waals surface area (Å²) >= 11 is 6.27. The lowest BCUT2D eigenvalue weighted by atomic mass is 10.1.